The molecule has 0 aliphatic carbocycles. The summed E-state index contributed by atoms with van der Waals surface area (Å²) in [6, 6.07) is 0.0848. The molecular weight excluding hydrogens is 408 g/mol. The number of hydrogen-bond donors (Lipinski definition) is 1. The molecule has 0 fully saturated rings. The van der Waals surface area contributed by atoms with Gasteiger partial charge in [0.25, 0.3) is 5.91 Å². The van der Waals surface area contributed by atoms with E-state index >= 15 is 0 Å². The summed E-state index contributed by atoms with van der Waals surface area (Å²) in [5.41, 5.74) is 1.33. The van der Waals surface area contributed by atoms with Gasteiger partial charge < -0.3 is 24.8 Å². The predicted molar refractivity (Wildman–Crippen MR) is 127 cm³/mol. The highest BCUT2D eigenvalue weighted by Gasteiger charge is 2.38. The molecule has 1 unspecified atom stereocenters. The maximum absolute atomic E-state index is 13.5. The smallest absolute Gasteiger partial charge is 0.252 e. The Kier molecular flexibility index (Phi) is 11.9. The van der Waals surface area contributed by atoms with E-state index in [-0.39, 0.29) is 36.2 Å². The number of hydrogen-bond acceptors (Lipinski definition) is 5. The number of nitrogens with zero attached hydrogens (tertiary/aromatic N) is 3. The fourth-order valence-electron chi connectivity index (χ4n) is 4.22. The molecule has 1 N–H and O–H groups in total. The molecule has 1 aliphatic heterocycles. The van der Waals surface area contributed by atoms with Gasteiger partial charge in [-0.05, 0) is 74.5 Å². The summed E-state index contributed by atoms with van der Waals surface area (Å²) in [5.74, 6) is -0.808. The van der Waals surface area contributed by atoms with Gasteiger partial charge in [-0.1, -0.05) is 0 Å². The number of amides is 3. The summed E-state index contributed by atoms with van der Waals surface area (Å²) in [5, 5.41) is 2.92. The predicted octanol–water partition coefficient (Wildman–Crippen LogP) is 2.25. The number of carbonyl (C=O) groups is 3. The minimum Gasteiger partial charge on any atom is -0.385 e. The monoisotopic (exact) mass is 452 g/mol. The van der Waals surface area contributed by atoms with Crippen LogP contribution >= 0.6 is 0 Å². The Labute approximate surface area is 194 Å². The second-order valence-corrected chi connectivity index (χ2v) is 9.41. The number of rotatable bonds is 13. The van der Waals surface area contributed by atoms with Crippen molar-refractivity contribution in [1.29, 1.82) is 0 Å². The van der Waals surface area contributed by atoms with Crippen LogP contribution in [0.15, 0.2) is 11.3 Å². The lowest BCUT2D eigenvalue weighted by molar-refractivity contribution is -0.139. The molecule has 0 saturated carbocycles. The van der Waals surface area contributed by atoms with Gasteiger partial charge in [-0.15, -0.1) is 0 Å². The Morgan fingerprint density at radius 1 is 1.16 bits per heavy atom. The van der Waals surface area contributed by atoms with Crippen LogP contribution in [0.2, 0.25) is 0 Å². The highest BCUT2D eigenvalue weighted by molar-refractivity contribution is 5.98. The van der Waals surface area contributed by atoms with Crippen molar-refractivity contribution in [2.75, 3.05) is 47.4 Å². The van der Waals surface area contributed by atoms with Crippen LogP contribution < -0.4 is 5.32 Å². The molecular formula is C24H44N4O4. The first-order valence-corrected chi connectivity index (χ1v) is 11.7. The van der Waals surface area contributed by atoms with Gasteiger partial charge in [0.1, 0.15) is 0 Å². The first-order chi connectivity index (χ1) is 15.0. The molecule has 0 aromatic carbocycles. The third kappa shape index (κ3) is 8.20. The molecule has 0 radical (unpaired) electrons. The normalized spacial score (nSPS) is 17.0. The van der Waals surface area contributed by atoms with Crippen LogP contribution in [0.25, 0.3) is 0 Å². The zero-order chi connectivity index (χ0) is 24.4. The summed E-state index contributed by atoms with van der Waals surface area (Å²) < 4.78 is 5.15. The van der Waals surface area contributed by atoms with Gasteiger partial charge in [0.15, 0.2) is 0 Å². The molecule has 1 rings (SSSR count). The molecule has 1 heterocycles. The zero-order valence-corrected chi connectivity index (χ0v) is 21.4. The summed E-state index contributed by atoms with van der Waals surface area (Å²) >= 11 is 0. The van der Waals surface area contributed by atoms with E-state index in [0.717, 1.165) is 13.0 Å². The molecule has 1 atom stereocenters. The van der Waals surface area contributed by atoms with Crippen molar-refractivity contribution in [2.45, 2.75) is 72.4 Å². The Bertz CT molecular complexity index is 665. The SMILES string of the molecule is COCCCN1C(=O)C(CC(=O)NCCCN(C)C)CC(C(=O)N(C(C)C)C(C)C)=C1C. The van der Waals surface area contributed by atoms with Crippen LogP contribution in [0.5, 0.6) is 0 Å². The summed E-state index contributed by atoms with van der Waals surface area (Å²) in [7, 11) is 5.61. The minimum atomic E-state index is -0.532. The third-order valence-corrected chi connectivity index (χ3v) is 5.78. The number of methoxy groups -OCH3 is 1. The van der Waals surface area contributed by atoms with Crippen LogP contribution in [0.3, 0.4) is 0 Å². The van der Waals surface area contributed by atoms with E-state index in [1.54, 1.807) is 12.0 Å². The summed E-state index contributed by atoms with van der Waals surface area (Å²) in [6.07, 6.45) is 1.91. The second kappa shape index (κ2) is 13.6. The fraction of sp³-hybridized carbons (Fsp3) is 0.792. The molecule has 32 heavy (non-hydrogen) atoms. The lowest BCUT2D eigenvalue weighted by Crippen LogP contribution is -2.48. The maximum Gasteiger partial charge on any atom is 0.252 e. The maximum atomic E-state index is 13.5. The average Bonchev–Trinajstić information content (AvgIpc) is 2.69. The first-order valence-electron chi connectivity index (χ1n) is 11.7. The first kappa shape index (κ1) is 28.1. The van der Waals surface area contributed by atoms with Crippen molar-refractivity contribution < 1.29 is 19.1 Å². The van der Waals surface area contributed by atoms with Gasteiger partial charge >= 0.3 is 0 Å². The van der Waals surface area contributed by atoms with E-state index in [0.29, 0.717) is 43.8 Å². The highest BCUT2D eigenvalue weighted by atomic mass is 16.5. The molecule has 8 nitrogen and oxygen atoms in total. The molecule has 3 amide bonds. The number of carbonyl (C=O) groups excluding carboxylic acids is 3. The molecule has 0 bridgehead atoms. The van der Waals surface area contributed by atoms with Crippen molar-refractivity contribution in [2.24, 2.45) is 5.92 Å². The third-order valence-electron chi connectivity index (χ3n) is 5.78. The number of ether oxygens (including phenoxy) is 1. The van der Waals surface area contributed by atoms with Gasteiger partial charge in [-0.25, -0.2) is 0 Å². The fourth-order valence-corrected chi connectivity index (χ4v) is 4.22. The van der Waals surface area contributed by atoms with Crippen molar-refractivity contribution in [3.05, 3.63) is 11.3 Å². The number of nitrogens with one attached hydrogen (secondary N) is 1. The van der Waals surface area contributed by atoms with Crippen LogP contribution in [-0.4, -0.2) is 92.0 Å². The lowest BCUT2D eigenvalue weighted by Gasteiger charge is -2.38. The van der Waals surface area contributed by atoms with Crippen molar-refractivity contribution in [1.82, 2.24) is 20.0 Å². The van der Waals surface area contributed by atoms with Gasteiger partial charge in [-0.2, -0.15) is 0 Å². The Morgan fingerprint density at radius 3 is 2.31 bits per heavy atom. The quantitative estimate of drug-likeness (QED) is 0.434. The standard InChI is InChI=1S/C24H44N4O4/c1-17(2)28(18(3)4)24(31)21-15-20(16-22(29)25-11-9-12-26(6)7)23(30)27(19(21)5)13-10-14-32-8/h17-18,20H,9-16H2,1-8H3,(H,25,29). The molecule has 0 aromatic rings. The van der Waals surface area contributed by atoms with Crippen molar-refractivity contribution >= 4 is 17.7 Å². The minimum absolute atomic E-state index is 0.0424. The molecule has 8 heteroatoms. The lowest BCUT2D eigenvalue weighted by atomic mass is 9.88. The van der Waals surface area contributed by atoms with E-state index in [1.807, 2.05) is 53.6 Å². The van der Waals surface area contributed by atoms with E-state index < -0.39 is 5.92 Å². The van der Waals surface area contributed by atoms with E-state index in [4.69, 9.17) is 4.74 Å². The van der Waals surface area contributed by atoms with Crippen LogP contribution in [0, 0.1) is 5.92 Å². The molecule has 1 aliphatic rings. The van der Waals surface area contributed by atoms with Gasteiger partial charge in [-0.3, -0.25) is 14.4 Å². The van der Waals surface area contributed by atoms with Crippen LogP contribution in [0.4, 0.5) is 0 Å². The number of allylic oxidation sites excluding steroid dienone is 1. The summed E-state index contributed by atoms with van der Waals surface area (Å²) in [4.78, 5) is 44.9. The van der Waals surface area contributed by atoms with E-state index in [2.05, 4.69) is 10.2 Å². The van der Waals surface area contributed by atoms with E-state index in [9.17, 15) is 14.4 Å². The Morgan fingerprint density at radius 2 is 1.78 bits per heavy atom. The Hall–Kier alpha value is -1.93. The van der Waals surface area contributed by atoms with E-state index in [1.165, 1.54) is 0 Å². The molecule has 0 saturated heterocycles. The Balaban J connectivity index is 3.05. The topological polar surface area (TPSA) is 82.2 Å². The largest absolute Gasteiger partial charge is 0.385 e. The second-order valence-electron chi connectivity index (χ2n) is 9.41. The highest BCUT2D eigenvalue weighted by Crippen LogP contribution is 2.31. The summed E-state index contributed by atoms with van der Waals surface area (Å²) in [6.45, 7) is 12.3. The van der Waals surface area contributed by atoms with Gasteiger partial charge in [0.2, 0.25) is 11.8 Å². The van der Waals surface area contributed by atoms with Crippen LogP contribution in [0.1, 0.15) is 60.3 Å². The average molecular weight is 453 g/mol. The molecule has 184 valence electrons. The van der Waals surface area contributed by atoms with Gasteiger partial charge in [0.05, 0.1) is 5.92 Å². The van der Waals surface area contributed by atoms with Gasteiger partial charge in [0, 0.05) is 56.6 Å². The zero-order valence-electron chi connectivity index (χ0n) is 21.4. The van der Waals surface area contributed by atoms with Crippen LogP contribution in [-0.2, 0) is 19.1 Å². The molecule has 0 spiro atoms. The van der Waals surface area contributed by atoms with Crippen molar-refractivity contribution in [3.63, 3.8) is 0 Å². The molecule has 0 aromatic heterocycles. The van der Waals surface area contributed by atoms with Crippen molar-refractivity contribution in [3.8, 4) is 0 Å².